The lowest BCUT2D eigenvalue weighted by Crippen LogP contribution is -2.41. The van der Waals surface area contributed by atoms with Crippen molar-refractivity contribution < 1.29 is 8.42 Å². The van der Waals surface area contributed by atoms with Gasteiger partial charge in [-0.25, -0.2) is 8.42 Å². The second-order valence-corrected chi connectivity index (χ2v) is 9.52. The molecule has 1 fully saturated rings. The van der Waals surface area contributed by atoms with Crippen LogP contribution >= 0.6 is 0 Å². The van der Waals surface area contributed by atoms with Crippen molar-refractivity contribution >= 4 is 16.0 Å². The number of rotatable bonds is 7. The second kappa shape index (κ2) is 9.05. The van der Waals surface area contributed by atoms with Crippen LogP contribution in [0.25, 0.3) is 0 Å². The van der Waals surface area contributed by atoms with Crippen molar-refractivity contribution in [3.63, 3.8) is 0 Å². The summed E-state index contributed by atoms with van der Waals surface area (Å²) in [5.41, 5.74) is 2.28. The van der Waals surface area contributed by atoms with Gasteiger partial charge in [-0.05, 0) is 25.7 Å². The Labute approximate surface area is 163 Å². The number of hydrogen-bond donors (Lipinski definition) is 1. The normalized spacial score (nSPS) is 19.1. The van der Waals surface area contributed by atoms with Crippen LogP contribution in [-0.2, 0) is 23.6 Å². The number of guanidine groups is 1. The quantitative estimate of drug-likeness (QED) is 0.554. The Morgan fingerprint density at radius 3 is 2.78 bits per heavy atom. The summed E-state index contributed by atoms with van der Waals surface area (Å²) >= 11 is 0. The van der Waals surface area contributed by atoms with Gasteiger partial charge in [0.1, 0.15) is 0 Å². The lowest BCUT2D eigenvalue weighted by Gasteiger charge is -2.24. The fourth-order valence-corrected chi connectivity index (χ4v) is 4.76. The number of aliphatic imine (C=N–C) groups is 1. The molecule has 0 aliphatic carbocycles. The number of hydrogen-bond acceptors (Lipinski definition) is 4. The summed E-state index contributed by atoms with van der Waals surface area (Å²) < 4.78 is 27.3. The van der Waals surface area contributed by atoms with E-state index in [0.29, 0.717) is 25.6 Å². The van der Waals surface area contributed by atoms with Gasteiger partial charge in [0.2, 0.25) is 10.0 Å². The molecule has 1 aromatic heterocycles. The van der Waals surface area contributed by atoms with Gasteiger partial charge in [0, 0.05) is 51.5 Å². The Kier molecular flexibility index (Phi) is 7.27. The second-order valence-electron chi connectivity index (χ2n) is 7.59. The fraction of sp³-hybridized carbons (Fsp3) is 0.778. The van der Waals surface area contributed by atoms with E-state index in [0.717, 1.165) is 31.0 Å². The van der Waals surface area contributed by atoms with Crippen molar-refractivity contribution in [1.29, 1.82) is 0 Å². The van der Waals surface area contributed by atoms with E-state index >= 15 is 0 Å². The molecule has 0 radical (unpaired) electrons. The predicted octanol–water partition coefficient (Wildman–Crippen LogP) is 1.36. The monoisotopic (exact) mass is 398 g/mol. The van der Waals surface area contributed by atoms with Crippen molar-refractivity contribution in [3.8, 4) is 0 Å². The molecule has 8 nitrogen and oxygen atoms in total. The van der Waals surface area contributed by atoms with E-state index in [1.54, 1.807) is 4.31 Å². The molecule has 1 saturated heterocycles. The van der Waals surface area contributed by atoms with Crippen LogP contribution in [0, 0.1) is 0 Å². The zero-order chi connectivity index (χ0) is 20.2. The summed E-state index contributed by atoms with van der Waals surface area (Å²) in [7, 11) is 0.767. The highest BCUT2D eigenvalue weighted by atomic mass is 32.2. The molecule has 0 spiro atoms. The molecule has 27 heavy (non-hydrogen) atoms. The molecule has 1 aliphatic heterocycles. The Morgan fingerprint density at radius 1 is 1.48 bits per heavy atom. The maximum absolute atomic E-state index is 11.9. The first-order chi connectivity index (χ1) is 12.6. The molecule has 1 N–H and O–H groups in total. The van der Waals surface area contributed by atoms with Gasteiger partial charge in [-0.3, -0.25) is 9.67 Å². The third-order valence-electron chi connectivity index (χ3n) is 4.79. The summed E-state index contributed by atoms with van der Waals surface area (Å²) in [4.78, 5) is 6.81. The number of aryl methyl sites for hydroxylation is 1. The van der Waals surface area contributed by atoms with E-state index in [1.807, 2.05) is 25.7 Å². The molecule has 1 atom stereocenters. The van der Waals surface area contributed by atoms with E-state index in [9.17, 15) is 8.42 Å². The molecule has 0 saturated carbocycles. The van der Waals surface area contributed by atoms with E-state index < -0.39 is 10.0 Å². The molecule has 2 rings (SSSR count). The minimum absolute atomic E-state index is 0.0494. The van der Waals surface area contributed by atoms with Gasteiger partial charge in [0.05, 0.1) is 18.5 Å². The fourth-order valence-electron chi connectivity index (χ4n) is 3.58. The smallest absolute Gasteiger partial charge is 0.211 e. The summed E-state index contributed by atoms with van der Waals surface area (Å²) in [6, 6.07) is -0.0494. The Hall–Kier alpha value is -1.61. The van der Waals surface area contributed by atoms with E-state index in [1.165, 1.54) is 11.8 Å². The van der Waals surface area contributed by atoms with Crippen LogP contribution in [0.3, 0.4) is 0 Å². The Bertz CT molecular complexity index is 756. The number of sulfonamides is 1. The first-order valence-corrected chi connectivity index (χ1v) is 11.5. The lowest BCUT2D eigenvalue weighted by atomic mass is 10.1. The molecule has 0 unspecified atom stereocenters. The van der Waals surface area contributed by atoms with Crippen LogP contribution in [0.2, 0.25) is 0 Å². The largest absolute Gasteiger partial charge is 0.357 e. The highest BCUT2D eigenvalue weighted by Crippen LogP contribution is 2.21. The molecule has 2 heterocycles. The van der Waals surface area contributed by atoms with Gasteiger partial charge in [-0.1, -0.05) is 13.8 Å². The Morgan fingerprint density at radius 2 is 2.19 bits per heavy atom. The van der Waals surface area contributed by atoms with Crippen molar-refractivity contribution in [2.45, 2.75) is 52.1 Å². The van der Waals surface area contributed by atoms with Crippen LogP contribution in [0.5, 0.6) is 0 Å². The third-order valence-corrected chi connectivity index (χ3v) is 6.12. The van der Waals surface area contributed by atoms with E-state index in [4.69, 9.17) is 4.99 Å². The van der Waals surface area contributed by atoms with Gasteiger partial charge >= 0.3 is 0 Å². The van der Waals surface area contributed by atoms with Crippen molar-refractivity contribution in [2.24, 2.45) is 12.0 Å². The average molecular weight is 399 g/mol. The minimum atomic E-state index is -3.17. The van der Waals surface area contributed by atoms with Crippen LogP contribution in [0.15, 0.2) is 11.2 Å². The van der Waals surface area contributed by atoms with Gasteiger partial charge in [-0.2, -0.15) is 9.40 Å². The van der Waals surface area contributed by atoms with Gasteiger partial charge < -0.3 is 10.2 Å². The number of nitrogens with one attached hydrogen (secondary N) is 1. The van der Waals surface area contributed by atoms with Crippen LogP contribution in [0.1, 0.15) is 50.8 Å². The summed E-state index contributed by atoms with van der Waals surface area (Å²) in [6.07, 6.45) is 5.09. The Balaban J connectivity index is 2.13. The number of aromatic nitrogens is 2. The summed E-state index contributed by atoms with van der Waals surface area (Å²) in [5.74, 6) is 1.15. The standard InChI is InChI=1S/C18H34N6O2S/c1-7-19-18(20-11-16-9-8-10-24(16)27(6,25)26)22(4)12-15-13-23(5)21-17(15)14(2)3/h13-14,16H,7-12H2,1-6H3,(H,19,20)/t16-/m1/s1. The number of nitrogens with zero attached hydrogens (tertiary/aromatic N) is 5. The van der Waals surface area contributed by atoms with E-state index in [2.05, 4.69) is 35.4 Å². The summed E-state index contributed by atoms with van der Waals surface area (Å²) in [6.45, 7) is 8.85. The molecule has 1 aromatic rings. The van der Waals surface area contributed by atoms with Crippen molar-refractivity contribution in [1.82, 2.24) is 24.3 Å². The zero-order valence-corrected chi connectivity index (χ0v) is 18.3. The molecule has 0 aromatic carbocycles. The van der Waals surface area contributed by atoms with Crippen molar-refractivity contribution in [3.05, 3.63) is 17.5 Å². The molecule has 0 bridgehead atoms. The van der Waals surface area contributed by atoms with Crippen LogP contribution < -0.4 is 5.32 Å². The maximum atomic E-state index is 11.9. The molecular formula is C18H34N6O2S. The summed E-state index contributed by atoms with van der Waals surface area (Å²) in [5, 5.41) is 7.89. The lowest BCUT2D eigenvalue weighted by molar-refractivity contribution is 0.393. The SMILES string of the molecule is CCNC(=NC[C@H]1CCCN1S(C)(=O)=O)N(C)Cc1cn(C)nc1C(C)C. The molecule has 154 valence electrons. The topological polar surface area (TPSA) is 82.8 Å². The van der Waals surface area contributed by atoms with Crippen LogP contribution in [-0.4, -0.2) is 72.3 Å². The average Bonchev–Trinajstić information content (AvgIpc) is 3.17. The highest BCUT2D eigenvalue weighted by molar-refractivity contribution is 7.88. The molecule has 9 heteroatoms. The maximum Gasteiger partial charge on any atom is 0.211 e. The minimum Gasteiger partial charge on any atom is -0.357 e. The molecular weight excluding hydrogens is 364 g/mol. The third kappa shape index (κ3) is 5.68. The predicted molar refractivity (Wildman–Crippen MR) is 109 cm³/mol. The van der Waals surface area contributed by atoms with Gasteiger partial charge in [0.15, 0.2) is 5.96 Å². The van der Waals surface area contributed by atoms with Gasteiger partial charge in [0.25, 0.3) is 0 Å². The first-order valence-electron chi connectivity index (χ1n) is 9.62. The molecule has 0 amide bonds. The zero-order valence-electron chi connectivity index (χ0n) is 17.4. The first kappa shape index (κ1) is 21.7. The van der Waals surface area contributed by atoms with Crippen molar-refractivity contribution in [2.75, 3.05) is 32.9 Å². The highest BCUT2D eigenvalue weighted by Gasteiger charge is 2.31. The van der Waals surface area contributed by atoms with Gasteiger partial charge in [-0.15, -0.1) is 0 Å². The molecule has 1 aliphatic rings. The van der Waals surface area contributed by atoms with E-state index in [-0.39, 0.29) is 6.04 Å². The van der Waals surface area contributed by atoms with Crippen LogP contribution in [0.4, 0.5) is 0 Å².